The molecule has 30 heavy (non-hydrogen) atoms. The van der Waals surface area contributed by atoms with Gasteiger partial charge in [-0.25, -0.2) is 0 Å². The van der Waals surface area contributed by atoms with Crippen LogP contribution in [0.1, 0.15) is 44.1 Å². The summed E-state index contributed by atoms with van der Waals surface area (Å²) in [6.07, 6.45) is 4.41. The maximum absolute atomic E-state index is 13.0. The number of hydrogen-bond acceptors (Lipinski definition) is 3. The zero-order valence-corrected chi connectivity index (χ0v) is 17.9. The van der Waals surface area contributed by atoms with Crippen molar-refractivity contribution < 1.29 is 14.8 Å². The van der Waals surface area contributed by atoms with E-state index in [0.29, 0.717) is 18.2 Å². The molecule has 0 aromatic heterocycles. The van der Waals surface area contributed by atoms with Gasteiger partial charge in [-0.15, -0.1) is 0 Å². The average molecular weight is 409 g/mol. The van der Waals surface area contributed by atoms with Crippen LogP contribution in [-0.4, -0.2) is 49.3 Å². The minimum absolute atomic E-state index is 0.159. The molecule has 2 atom stereocenters. The molecule has 1 aliphatic carbocycles. The molecule has 2 fully saturated rings. The Balaban J connectivity index is 1.34. The summed E-state index contributed by atoms with van der Waals surface area (Å²) in [5.41, 5.74) is 2.25. The zero-order chi connectivity index (χ0) is 21.0. The predicted molar refractivity (Wildman–Crippen MR) is 120 cm³/mol. The van der Waals surface area contributed by atoms with Crippen LogP contribution in [0.4, 0.5) is 5.69 Å². The van der Waals surface area contributed by atoms with Crippen molar-refractivity contribution in [2.75, 3.05) is 37.6 Å². The molecule has 5 heteroatoms. The van der Waals surface area contributed by atoms with Crippen LogP contribution in [0.5, 0.6) is 5.75 Å². The fraction of sp³-hybridized carbons (Fsp3) is 0.480. The Bertz CT molecular complexity index is 831. The number of nitrogens with one attached hydrogen (secondary N) is 2. The fourth-order valence-electron chi connectivity index (χ4n) is 5.21. The normalized spacial score (nSPS) is 25.1. The number of nitrogens with zero attached hydrogens (tertiary/aromatic N) is 1. The minimum atomic E-state index is -0.225. The summed E-state index contributed by atoms with van der Waals surface area (Å²) in [6, 6.07) is 18.0. The number of carbonyl (C=O) groups is 1. The van der Waals surface area contributed by atoms with Crippen LogP contribution in [0.2, 0.25) is 0 Å². The van der Waals surface area contributed by atoms with Gasteiger partial charge >= 0.3 is 0 Å². The molecule has 0 bridgehead atoms. The third kappa shape index (κ3) is 4.78. The topological polar surface area (TPSA) is 57.0 Å². The lowest BCUT2D eigenvalue weighted by molar-refractivity contribution is -0.892. The van der Waals surface area contributed by atoms with Crippen LogP contribution in [0.3, 0.4) is 0 Å². The van der Waals surface area contributed by atoms with E-state index in [1.165, 1.54) is 22.6 Å². The van der Waals surface area contributed by atoms with Gasteiger partial charge in [-0.1, -0.05) is 43.2 Å². The Hall–Kier alpha value is -2.53. The van der Waals surface area contributed by atoms with Gasteiger partial charge in [-0.2, -0.15) is 0 Å². The Morgan fingerprint density at radius 3 is 2.50 bits per heavy atom. The summed E-state index contributed by atoms with van der Waals surface area (Å²) < 4.78 is 0. The number of anilines is 1. The Morgan fingerprint density at radius 1 is 1.10 bits per heavy atom. The van der Waals surface area contributed by atoms with Crippen molar-refractivity contribution in [1.82, 2.24) is 5.32 Å². The van der Waals surface area contributed by atoms with Crippen molar-refractivity contribution in [2.45, 2.75) is 44.1 Å². The highest BCUT2D eigenvalue weighted by Gasteiger charge is 2.39. The first-order valence-electron chi connectivity index (χ1n) is 11.3. The number of rotatable bonds is 5. The summed E-state index contributed by atoms with van der Waals surface area (Å²) >= 11 is 0. The van der Waals surface area contributed by atoms with Gasteiger partial charge in [0.1, 0.15) is 5.75 Å². The van der Waals surface area contributed by atoms with Crippen LogP contribution in [0.25, 0.3) is 0 Å². The van der Waals surface area contributed by atoms with Gasteiger partial charge in [0.15, 0.2) is 6.54 Å². The number of quaternary nitrogens is 1. The van der Waals surface area contributed by atoms with Crippen molar-refractivity contribution in [3.8, 4) is 5.75 Å². The van der Waals surface area contributed by atoms with Gasteiger partial charge in [0.2, 0.25) is 0 Å². The van der Waals surface area contributed by atoms with Crippen LogP contribution >= 0.6 is 0 Å². The van der Waals surface area contributed by atoms with E-state index in [9.17, 15) is 9.90 Å². The van der Waals surface area contributed by atoms with Crippen molar-refractivity contribution in [3.05, 3.63) is 60.2 Å². The average Bonchev–Trinajstić information content (AvgIpc) is 2.76. The molecule has 2 aliphatic rings. The van der Waals surface area contributed by atoms with Gasteiger partial charge in [0.25, 0.3) is 5.91 Å². The van der Waals surface area contributed by atoms with Crippen molar-refractivity contribution in [3.63, 3.8) is 0 Å². The number of phenols is 1. The number of amides is 1. The molecule has 4 rings (SSSR count). The highest BCUT2D eigenvalue weighted by molar-refractivity contribution is 5.78. The molecule has 0 radical (unpaired) electrons. The molecule has 2 aromatic carbocycles. The third-order valence-corrected chi connectivity index (χ3v) is 6.93. The molecule has 0 unspecified atom stereocenters. The van der Waals surface area contributed by atoms with Crippen molar-refractivity contribution in [1.29, 1.82) is 0 Å². The van der Waals surface area contributed by atoms with Crippen LogP contribution < -0.4 is 15.1 Å². The van der Waals surface area contributed by atoms with Gasteiger partial charge in [0, 0.05) is 17.1 Å². The van der Waals surface area contributed by atoms with Crippen molar-refractivity contribution in [2.24, 2.45) is 0 Å². The molecule has 1 saturated heterocycles. The number of benzene rings is 2. The molecule has 1 amide bonds. The molecule has 160 valence electrons. The largest absolute Gasteiger partial charge is 0.508 e. The number of carbonyl (C=O) groups excluding carboxylic acids is 1. The monoisotopic (exact) mass is 408 g/mol. The number of para-hydroxylation sites is 1. The second kappa shape index (κ2) is 9.09. The summed E-state index contributed by atoms with van der Waals surface area (Å²) in [5, 5.41) is 13.0. The van der Waals surface area contributed by atoms with E-state index in [-0.39, 0.29) is 11.4 Å². The van der Waals surface area contributed by atoms with E-state index in [4.69, 9.17) is 0 Å². The first-order valence-corrected chi connectivity index (χ1v) is 11.3. The Morgan fingerprint density at radius 2 is 1.80 bits per heavy atom. The maximum atomic E-state index is 13.0. The van der Waals surface area contributed by atoms with E-state index in [1.54, 1.807) is 12.1 Å². The summed E-state index contributed by atoms with van der Waals surface area (Å²) in [5.74, 6) is 0.741. The zero-order valence-electron chi connectivity index (χ0n) is 17.9. The van der Waals surface area contributed by atoms with Gasteiger partial charge in [-0.3, -0.25) is 4.79 Å². The lowest BCUT2D eigenvalue weighted by Crippen LogP contribution is -3.16. The molecule has 2 aromatic rings. The minimum Gasteiger partial charge on any atom is -0.508 e. The second-order valence-corrected chi connectivity index (χ2v) is 9.10. The molecular weight excluding hydrogens is 374 g/mol. The molecule has 5 nitrogen and oxygen atoms in total. The summed E-state index contributed by atoms with van der Waals surface area (Å²) in [4.78, 5) is 16.8. The molecule has 3 N–H and O–H groups in total. The first kappa shape index (κ1) is 20.7. The number of aromatic hydroxyl groups is 1. The van der Waals surface area contributed by atoms with E-state index < -0.39 is 0 Å². The van der Waals surface area contributed by atoms with Gasteiger partial charge in [0.05, 0.1) is 26.2 Å². The predicted octanol–water partition coefficient (Wildman–Crippen LogP) is 2.33. The molecule has 1 heterocycles. The summed E-state index contributed by atoms with van der Waals surface area (Å²) in [6.45, 7) is 6.69. The van der Waals surface area contributed by atoms with Gasteiger partial charge < -0.3 is 20.2 Å². The number of hydrogen-bond donors (Lipinski definition) is 3. The smallest absolute Gasteiger partial charge is 0.275 e. The first-order chi connectivity index (χ1) is 14.5. The van der Waals surface area contributed by atoms with Crippen molar-refractivity contribution >= 4 is 11.6 Å². The van der Waals surface area contributed by atoms with Crippen LogP contribution in [0.15, 0.2) is 54.6 Å². The van der Waals surface area contributed by atoms with Gasteiger partial charge in [-0.05, 0) is 49.6 Å². The lowest BCUT2D eigenvalue weighted by atomic mass is 9.70. The highest BCUT2D eigenvalue weighted by Crippen LogP contribution is 2.41. The third-order valence-electron chi connectivity index (χ3n) is 6.93. The summed E-state index contributed by atoms with van der Waals surface area (Å²) in [7, 11) is 0. The second-order valence-electron chi connectivity index (χ2n) is 9.10. The van der Waals surface area contributed by atoms with Crippen LogP contribution in [0, 0.1) is 0 Å². The molecule has 1 saturated carbocycles. The molecule has 0 spiro atoms. The molecular formula is C25H34N3O2+. The highest BCUT2D eigenvalue weighted by atomic mass is 16.3. The quantitative estimate of drug-likeness (QED) is 0.712. The number of phenolic OH excluding ortho intramolecular Hbond substituents is 1. The standard InChI is InChI=1S/C25H33N3O2/c1-25(14-6-5-9-23(25)20-10-12-22(29)13-11-20)26-24(30)19-27-15-17-28(18-16-27)21-7-3-2-4-8-21/h2-4,7-8,10-13,23,29H,5-6,9,14-19H2,1H3,(H,26,30)/p+1/t23-,25+/m1/s1. The van der Waals surface area contributed by atoms with E-state index in [1.807, 2.05) is 18.2 Å². The van der Waals surface area contributed by atoms with E-state index in [0.717, 1.165) is 45.4 Å². The Kier molecular flexibility index (Phi) is 6.28. The fourth-order valence-corrected chi connectivity index (χ4v) is 5.21. The van der Waals surface area contributed by atoms with E-state index >= 15 is 0 Å². The maximum Gasteiger partial charge on any atom is 0.275 e. The number of piperazine rings is 1. The van der Waals surface area contributed by atoms with Crippen LogP contribution in [-0.2, 0) is 4.79 Å². The lowest BCUT2D eigenvalue weighted by Gasteiger charge is -2.43. The SMILES string of the molecule is C[C@]1(NC(=O)C[NH+]2CCN(c3ccccc3)CC2)CCCC[C@@H]1c1ccc(O)cc1. The van der Waals surface area contributed by atoms with E-state index in [2.05, 4.69) is 41.4 Å². The molecule has 1 aliphatic heterocycles. The Labute approximate surface area is 179 Å².